The van der Waals surface area contributed by atoms with Gasteiger partial charge in [0.25, 0.3) is 0 Å². The molecule has 4 aromatic carbocycles. The molecule has 2 aromatic heterocycles. The molecule has 0 bridgehead atoms. The van der Waals surface area contributed by atoms with E-state index in [4.69, 9.17) is 8.83 Å². The van der Waals surface area contributed by atoms with Crippen LogP contribution in [0.4, 0.5) is 0 Å². The van der Waals surface area contributed by atoms with E-state index in [0.29, 0.717) is 0 Å². The van der Waals surface area contributed by atoms with Crippen LogP contribution in [0.3, 0.4) is 0 Å². The molecular formula is C58H68O2Si. The van der Waals surface area contributed by atoms with E-state index in [0.717, 1.165) is 23.0 Å². The van der Waals surface area contributed by atoms with Gasteiger partial charge in [-0.1, -0.05) is 169 Å². The van der Waals surface area contributed by atoms with Crippen molar-refractivity contribution in [2.45, 2.75) is 143 Å². The van der Waals surface area contributed by atoms with Crippen molar-refractivity contribution in [1.82, 2.24) is 0 Å². The zero-order valence-corrected chi connectivity index (χ0v) is 40.9. The molecule has 0 fully saturated rings. The molecule has 3 heteroatoms. The molecule has 2 aliphatic carbocycles. The van der Waals surface area contributed by atoms with Crippen molar-refractivity contribution in [3.63, 3.8) is 0 Å². The Morgan fingerprint density at radius 1 is 0.426 bits per heavy atom. The number of fused-ring (bicyclic) bond motifs is 2. The van der Waals surface area contributed by atoms with Gasteiger partial charge in [-0.3, -0.25) is 0 Å². The summed E-state index contributed by atoms with van der Waals surface area (Å²) in [5.74, 6) is 3.83. The minimum Gasteiger partial charge on any atom is -0.462 e. The Balaban J connectivity index is 1.36. The van der Waals surface area contributed by atoms with Gasteiger partial charge < -0.3 is 8.83 Å². The summed E-state index contributed by atoms with van der Waals surface area (Å²) in [6.45, 7) is 37.3. The first-order chi connectivity index (χ1) is 28.3. The molecule has 6 aromatic rings. The summed E-state index contributed by atoms with van der Waals surface area (Å²) in [6, 6.07) is 37.4. The number of aryl methyl sites for hydroxylation is 2. The van der Waals surface area contributed by atoms with Crippen molar-refractivity contribution in [2.24, 2.45) is 0 Å². The Bertz CT molecular complexity index is 2480. The molecule has 0 N–H and O–H groups in total. The number of allylic oxidation sites excluding steroid dienone is 2. The molecule has 0 saturated carbocycles. The second-order valence-corrected chi connectivity index (χ2v) is 27.7. The van der Waals surface area contributed by atoms with Crippen LogP contribution in [0.2, 0.25) is 13.1 Å². The van der Waals surface area contributed by atoms with Gasteiger partial charge in [-0.2, -0.15) is 0 Å². The van der Waals surface area contributed by atoms with E-state index in [-0.39, 0.29) is 32.7 Å². The molecule has 0 saturated heterocycles. The monoisotopic (exact) mass is 824 g/mol. The summed E-state index contributed by atoms with van der Waals surface area (Å²) in [6.07, 6.45) is 4.98. The predicted molar refractivity (Wildman–Crippen MR) is 264 cm³/mol. The third-order valence-electron chi connectivity index (χ3n) is 13.6. The van der Waals surface area contributed by atoms with Crippen molar-refractivity contribution in [3.8, 4) is 22.3 Å². The molecule has 0 amide bonds. The maximum absolute atomic E-state index is 6.62. The summed E-state index contributed by atoms with van der Waals surface area (Å²) < 4.78 is 13.2. The fourth-order valence-electron chi connectivity index (χ4n) is 9.98. The largest absolute Gasteiger partial charge is 0.462 e. The average Bonchev–Trinajstić information content (AvgIpc) is 3.97. The molecule has 316 valence electrons. The van der Waals surface area contributed by atoms with Gasteiger partial charge in [-0.05, 0) is 139 Å². The van der Waals surface area contributed by atoms with E-state index < -0.39 is 8.07 Å². The summed E-state index contributed by atoms with van der Waals surface area (Å²) in [4.78, 5) is 0. The second kappa shape index (κ2) is 14.6. The molecule has 2 unspecified atom stereocenters. The van der Waals surface area contributed by atoms with E-state index in [2.05, 4.69) is 219 Å². The zero-order chi connectivity index (χ0) is 44.2. The third kappa shape index (κ3) is 7.82. The first-order valence-corrected chi connectivity index (χ1v) is 25.6. The average molecular weight is 825 g/mol. The van der Waals surface area contributed by atoms with E-state index >= 15 is 0 Å². The van der Waals surface area contributed by atoms with Crippen LogP contribution in [-0.4, -0.2) is 8.07 Å². The first kappa shape index (κ1) is 42.8. The molecular weight excluding hydrogens is 757 g/mol. The van der Waals surface area contributed by atoms with Crippen LogP contribution in [0, 0.1) is 13.8 Å². The summed E-state index contributed by atoms with van der Waals surface area (Å²) in [5, 5.41) is 0. The van der Waals surface area contributed by atoms with Crippen LogP contribution in [0.1, 0.15) is 162 Å². The van der Waals surface area contributed by atoms with Crippen LogP contribution < -0.4 is 0 Å². The zero-order valence-electron chi connectivity index (χ0n) is 39.9. The summed E-state index contributed by atoms with van der Waals surface area (Å²) in [7, 11) is -2.48. The highest BCUT2D eigenvalue weighted by molar-refractivity contribution is 6.84. The van der Waals surface area contributed by atoms with Crippen molar-refractivity contribution >= 4 is 31.4 Å². The summed E-state index contributed by atoms with van der Waals surface area (Å²) >= 11 is 0. The maximum Gasteiger partial charge on any atom is 0.130 e. The quantitative estimate of drug-likeness (QED) is 0.156. The first-order valence-electron chi connectivity index (χ1n) is 22.5. The van der Waals surface area contributed by atoms with Gasteiger partial charge in [0.05, 0.1) is 8.07 Å². The third-order valence-corrected chi connectivity index (χ3v) is 17.8. The lowest BCUT2D eigenvalue weighted by molar-refractivity contribution is 0.519. The second-order valence-electron chi connectivity index (χ2n) is 22.9. The predicted octanol–water partition coefficient (Wildman–Crippen LogP) is 16.8. The van der Waals surface area contributed by atoms with Gasteiger partial charge in [-0.25, -0.2) is 0 Å². The minimum absolute atomic E-state index is 0.0160. The molecule has 8 rings (SSSR count). The highest BCUT2D eigenvalue weighted by atomic mass is 28.3. The molecule has 0 radical (unpaired) electrons. The number of benzene rings is 4. The van der Waals surface area contributed by atoms with Gasteiger partial charge in [0.2, 0.25) is 0 Å². The molecule has 2 aliphatic rings. The molecule has 2 atom stereocenters. The van der Waals surface area contributed by atoms with Crippen LogP contribution in [0.15, 0.2) is 106 Å². The van der Waals surface area contributed by atoms with E-state index in [1.165, 1.54) is 77.9 Å². The van der Waals surface area contributed by atoms with Crippen molar-refractivity contribution in [3.05, 3.63) is 165 Å². The topological polar surface area (TPSA) is 26.3 Å². The standard InChI is InChI=1S/C58H68O2Si/c1-35-23-25-51(59-35)49-33-47-43(37-27-39(55(3,4)5)31-40(28-37)56(6,7)8)19-17-21-45(47)53(49)61(15,16)54-46-22-18-20-44(48(46)34-50(54)52-26-24-36(2)60-52)38-29-41(57(9,10)11)32-42(30-38)58(12,13)14/h17-34,53-54H,1-16H3. The van der Waals surface area contributed by atoms with Crippen LogP contribution in [0.5, 0.6) is 0 Å². The van der Waals surface area contributed by atoms with Crippen molar-refractivity contribution in [1.29, 1.82) is 0 Å². The Morgan fingerprint density at radius 3 is 1.03 bits per heavy atom. The number of hydrogen-bond acceptors (Lipinski definition) is 2. The number of rotatable bonds is 6. The van der Waals surface area contributed by atoms with Crippen molar-refractivity contribution < 1.29 is 8.83 Å². The molecule has 0 spiro atoms. The van der Waals surface area contributed by atoms with Gasteiger partial charge in [0, 0.05) is 22.2 Å². The lowest BCUT2D eigenvalue weighted by atomic mass is 9.78. The van der Waals surface area contributed by atoms with Crippen molar-refractivity contribution in [2.75, 3.05) is 0 Å². The highest BCUT2D eigenvalue weighted by Gasteiger charge is 2.50. The van der Waals surface area contributed by atoms with Gasteiger partial charge in [0.15, 0.2) is 0 Å². The Labute approximate surface area is 368 Å². The lowest BCUT2D eigenvalue weighted by Crippen LogP contribution is -2.42. The van der Waals surface area contributed by atoms with E-state index in [1.54, 1.807) is 0 Å². The fourth-order valence-corrected chi connectivity index (χ4v) is 14.5. The number of furan rings is 2. The summed E-state index contributed by atoms with van der Waals surface area (Å²) in [5.41, 5.74) is 19.1. The fraction of sp³-hybridized carbons (Fsp3) is 0.379. The Kier molecular flexibility index (Phi) is 10.3. The smallest absolute Gasteiger partial charge is 0.130 e. The SMILES string of the molecule is Cc1ccc(C2=Cc3c(-c4cc(C(C)(C)C)cc(C(C)(C)C)c4)cccc3C2[Si](C)(C)C2C(c3ccc(C)o3)=Cc3c(-c4cc(C(C)(C)C)cc(C(C)(C)C)c4)cccc32)o1. The Morgan fingerprint density at radius 2 is 0.754 bits per heavy atom. The maximum atomic E-state index is 6.62. The molecule has 0 aliphatic heterocycles. The molecule has 61 heavy (non-hydrogen) atoms. The van der Waals surface area contributed by atoms with Crippen LogP contribution in [0.25, 0.3) is 45.6 Å². The Hall–Kier alpha value is -4.86. The van der Waals surface area contributed by atoms with Crippen LogP contribution in [-0.2, 0) is 21.7 Å². The van der Waals surface area contributed by atoms with E-state index in [9.17, 15) is 0 Å². The van der Waals surface area contributed by atoms with Gasteiger partial charge in [0.1, 0.15) is 23.0 Å². The number of hydrogen-bond donors (Lipinski definition) is 0. The van der Waals surface area contributed by atoms with E-state index in [1.807, 2.05) is 0 Å². The van der Waals surface area contributed by atoms with Gasteiger partial charge >= 0.3 is 0 Å². The molecule has 2 nitrogen and oxygen atoms in total. The highest BCUT2D eigenvalue weighted by Crippen LogP contribution is 2.59. The van der Waals surface area contributed by atoms with Crippen LogP contribution >= 0.6 is 0 Å². The normalized spacial score (nSPS) is 17.0. The molecule has 2 heterocycles. The van der Waals surface area contributed by atoms with Gasteiger partial charge in [-0.15, -0.1) is 0 Å². The lowest BCUT2D eigenvalue weighted by Gasteiger charge is -2.39. The minimum atomic E-state index is -2.48.